The average molecular weight is 332 g/mol. The summed E-state index contributed by atoms with van der Waals surface area (Å²) < 4.78 is 0. The van der Waals surface area contributed by atoms with Crippen LogP contribution in [0.3, 0.4) is 0 Å². The highest BCUT2D eigenvalue weighted by atomic mass is 16.5. The molecule has 4 aliphatic rings. The number of aliphatic hydroxyl groups is 2. The van der Waals surface area contributed by atoms with E-state index in [0.29, 0.717) is 22.8 Å². The van der Waals surface area contributed by atoms with Crippen molar-refractivity contribution in [1.82, 2.24) is 0 Å². The van der Waals surface area contributed by atoms with Gasteiger partial charge in [-0.1, -0.05) is 32.8 Å². The summed E-state index contributed by atoms with van der Waals surface area (Å²) in [5, 5.41) is 18.8. The third-order valence-electron chi connectivity index (χ3n) is 8.66. The number of allylic oxidation sites excluding steroid dienone is 1. The Morgan fingerprint density at radius 2 is 1.88 bits per heavy atom. The van der Waals surface area contributed by atoms with E-state index in [-0.39, 0.29) is 5.41 Å². The predicted octanol–water partition coefficient (Wildman–Crippen LogP) is 3.84. The maximum absolute atomic E-state index is 12.3. The summed E-state index contributed by atoms with van der Waals surface area (Å²) in [5.74, 6) is 2.48. The van der Waals surface area contributed by atoms with Gasteiger partial charge in [0.25, 0.3) is 0 Å². The number of carbonyl (C=O) groups is 1. The fourth-order valence-electron chi connectivity index (χ4n) is 7.38. The minimum atomic E-state index is -1.85. The zero-order valence-electron chi connectivity index (χ0n) is 15.1. The normalized spacial score (nSPS) is 47.6. The molecule has 0 amide bonds. The number of rotatable bonds is 2. The van der Waals surface area contributed by atoms with E-state index in [1.54, 1.807) is 0 Å². The number of fused-ring (bicyclic) bond motifs is 5. The third-order valence-corrected chi connectivity index (χ3v) is 8.66. The van der Waals surface area contributed by atoms with Crippen molar-refractivity contribution in [2.45, 2.75) is 77.9 Å². The molecule has 0 aliphatic heterocycles. The highest BCUT2D eigenvalue weighted by molar-refractivity contribution is 5.99. The van der Waals surface area contributed by atoms with Gasteiger partial charge in [-0.2, -0.15) is 0 Å². The van der Waals surface area contributed by atoms with Crippen LogP contribution >= 0.6 is 0 Å². The van der Waals surface area contributed by atoms with Gasteiger partial charge in [-0.3, -0.25) is 4.79 Å². The molecule has 3 heteroatoms. The van der Waals surface area contributed by atoms with Gasteiger partial charge in [0.05, 0.1) is 0 Å². The Bertz CT molecular complexity index is 565. The molecule has 0 bridgehead atoms. The van der Waals surface area contributed by atoms with E-state index in [1.165, 1.54) is 44.9 Å². The van der Waals surface area contributed by atoms with Gasteiger partial charge in [0.2, 0.25) is 12.1 Å². The summed E-state index contributed by atoms with van der Waals surface area (Å²) >= 11 is 0. The van der Waals surface area contributed by atoms with E-state index in [0.717, 1.165) is 24.7 Å². The molecule has 4 rings (SSSR count). The van der Waals surface area contributed by atoms with Crippen molar-refractivity contribution in [3.63, 3.8) is 0 Å². The monoisotopic (exact) mass is 332 g/mol. The maximum atomic E-state index is 12.3. The molecule has 0 aromatic carbocycles. The van der Waals surface area contributed by atoms with Crippen LogP contribution in [-0.2, 0) is 4.79 Å². The van der Waals surface area contributed by atoms with Crippen LogP contribution in [0.15, 0.2) is 11.6 Å². The van der Waals surface area contributed by atoms with Crippen LogP contribution in [0.25, 0.3) is 0 Å². The average Bonchev–Trinajstić information content (AvgIpc) is 2.90. The van der Waals surface area contributed by atoms with Crippen molar-refractivity contribution in [2.75, 3.05) is 0 Å². The first-order valence-corrected chi connectivity index (χ1v) is 9.99. The highest BCUT2D eigenvalue weighted by Crippen LogP contribution is 2.66. The Balaban J connectivity index is 1.61. The Morgan fingerprint density at radius 3 is 2.62 bits per heavy atom. The van der Waals surface area contributed by atoms with Crippen molar-refractivity contribution in [3.8, 4) is 0 Å². The molecule has 0 aromatic rings. The second-order valence-electron chi connectivity index (χ2n) is 9.45. The minimum absolute atomic E-state index is 0.139. The molecule has 0 radical (unpaired) electrons. The van der Waals surface area contributed by atoms with Gasteiger partial charge >= 0.3 is 0 Å². The van der Waals surface area contributed by atoms with Crippen molar-refractivity contribution >= 4 is 5.78 Å². The Labute approximate surface area is 145 Å². The van der Waals surface area contributed by atoms with Crippen molar-refractivity contribution < 1.29 is 15.0 Å². The summed E-state index contributed by atoms with van der Waals surface area (Å²) in [6.45, 7) is 4.77. The second-order valence-corrected chi connectivity index (χ2v) is 9.45. The highest BCUT2D eigenvalue weighted by Gasteiger charge is 2.58. The van der Waals surface area contributed by atoms with Crippen LogP contribution in [0.4, 0.5) is 0 Å². The molecule has 3 fully saturated rings. The van der Waals surface area contributed by atoms with Crippen LogP contribution in [0.1, 0.15) is 71.6 Å². The third kappa shape index (κ3) is 2.20. The van der Waals surface area contributed by atoms with Gasteiger partial charge in [-0.05, 0) is 79.4 Å². The number of hydrogen-bond acceptors (Lipinski definition) is 3. The largest absolute Gasteiger partial charge is 0.362 e. The van der Waals surface area contributed by atoms with Gasteiger partial charge < -0.3 is 10.2 Å². The Kier molecular flexibility index (Phi) is 3.96. The van der Waals surface area contributed by atoms with E-state index in [4.69, 9.17) is 0 Å². The van der Waals surface area contributed by atoms with Gasteiger partial charge in [0.1, 0.15) is 0 Å². The Hall–Kier alpha value is -0.670. The van der Waals surface area contributed by atoms with Gasteiger partial charge in [-0.15, -0.1) is 0 Å². The summed E-state index contributed by atoms with van der Waals surface area (Å²) in [4.78, 5) is 12.3. The molecule has 3 saturated carbocycles. The van der Waals surface area contributed by atoms with Crippen LogP contribution in [-0.4, -0.2) is 22.3 Å². The Morgan fingerprint density at radius 1 is 1.08 bits per heavy atom. The predicted molar refractivity (Wildman–Crippen MR) is 93.0 cm³/mol. The molecule has 1 unspecified atom stereocenters. The molecule has 0 saturated heterocycles. The summed E-state index contributed by atoms with van der Waals surface area (Å²) in [6, 6.07) is 0. The molecule has 6 atom stereocenters. The van der Waals surface area contributed by atoms with Crippen molar-refractivity contribution in [2.24, 2.45) is 34.5 Å². The molecule has 134 valence electrons. The van der Waals surface area contributed by atoms with Crippen LogP contribution in [0, 0.1) is 34.5 Å². The zero-order chi connectivity index (χ0) is 17.1. The smallest absolute Gasteiger partial charge is 0.217 e. The fourth-order valence-corrected chi connectivity index (χ4v) is 7.38. The van der Waals surface area contributed by atoms with Gasteiger partial charge in [0.15, 0.2) is 0 Å². The number of carbonyl (C=O) groups excluding carboxylic acids is 1. The van der Waals surface area contributed by atoms with Gasteiger partial charge in [-0.25, -0.2) is 0 Å². The minimum Gasteiger partial charge on any atom is -0.362 e. The maximum Gasteiger partial charge on any atom is 0.217 e. The second kappa shape index (κ2) is 5.67. The topological polar surface area (TPSA) is 57.5 Å². The van der Waals surface area contributed by atoms with Crippen LogP contribution in [0.5, 0.6) is 0 Å². The molecule has 4 aliphatic carbocycles. The van der Waals surface area contributed by atoms with E-state index in [9.17, 15) is 15.0 Å². The quantitative estimate of drug-likeness (QED) is 0.756. The molecule has 0 spiro atoms. The molecule has 0 aromatic heterocycles. The number of hydrogen-bond donors (Lipinski definition) is 2. The zero-order valence-corrected chi connectivity index (χ0v) is 15.1. The summed E-state index contributed by atoms with van der Waals surface area (Å²) in [6.07, 6.45) is 11.6. The number of ketones is 1. The summed E-state index contributed by atoms with van der Waals surface area (Å²) in [5.41, 5.74) is 1.07. The lowest BCUT2D eigenvalue weighted by Gasteiger charge is -2.60. The summed E-state index contributed by atoms with van der Waals surface area (Å²) in [7, 11) is 0. The van der Waals surface area contributed by atoms with Crippen LogP contribution < -0.4 is 0 Å². The van der Waals surface area contributed by atoms with Gasteiger partial charge in [0, 0.05) is 5.57 Å². The van der Waals surface area contributed by atoms with Crippen molar-refractivity contribution in [3.05, 3.63) is 11.6 Å². The standard InChI is InChI=1S/C21H32O3/c1-20-11-4-3-5-13(20)6-7-14-15-8-9-17(18(22)19(23)24)21(15,2)12-10-16(14)20/h9,13-16,19,23-24H,3-8,10-12H2,1-2H3/t13?,14-,15-,16-,20-,21-/m0/s1. The lowest BCUT2D eigenvalue weighted by molar-refractivity contribution is -0.144. The van der Waals surface area contributed by atoms with E-state index < -0.39 is 12.1 Å². The van der Waals surface area contributed by atoms with Crippen molar-refractivity contribution in [1.29, 1.82) is 0 Å². The first kappa shape index (κ1) is 16.8. The molecule has 24 heavy (non-hydrogen) atoms. The van der Waals surface area contributed by atoms with E-state index >= 15 is 0 Å². The fraction of sp³-hybridized carbons (Fsp3) is 0.857. The first-order valence-electron chi connectivity index (χ1n) is 9.99. The molecular formula is C21H32O3. The first-order chi connectivity index (χ1) is 11.4. The number of aliphatic hydroxyl groups excluding tert-OH is 1. The lowest BCUT2D eigenvalue weighted by atomic mass is 9.45. The molecule has 0 heterocycles. The number of Topliss-reactive ketones (excluding diaryl/α,β-unsaturated/α-hetero) is 1. The van der Waals surface area contributed by atoms with Crippen LogP contribution in [0.2, 0.25) is 0 Å². The molecule has 3 nitrogen and oxygen atoms in total. The molecule has 2 N–H and O–H groups in total. The lowest BCUT2D eigenvalue weighted by Crippen LogP contribution is -2.52. The SMILES string of the molecule is C[C@]12CCCCC1CC[C@@H]1[C@@H]2CC[C@]2(C)C(C(=O)C(O)O)=CC[C@@H]12. The molecular weight excluding hydrogens is 300 g/mol. The van der Waals surface area contributed by atoms with E-state index in [2.05, 4.69) is 13.8 Å². The van der Waals surface area contributed by atoms with E-state index in [1.807, 2.05) is 6.08 Å².